The summed E-state index contributed by atoms with van der Waals surface area (Å²) in [4.78, 5) is 72.2. The molecule has 4 fully saturated rings. The number of nitrogens with zero attached hydrogens (tertiary/aromatic N) is 2. The van der Waals surface area contributed by atoms with E-state index in [1.807, 2.05) is 33.8 Å². The molecule has 3 aliphatic carbocycles. The van der Waals surface area contributed by atoms with Crippen molar-refractivity contribution in [3.63, 3.8) is 0 Å². The number of allylic oxidation sites excluding steroid dienone is 2. The molecular weight excluding hydrogens is 758 g/mol. The lowest BCUT2D eigenvalue weighted by Crippen LogP contribution is -2.48. The van der Waals surface area contributed by atoms with Gasteiger partial charge in [-0.25, -0.2) is 8.42 Å². The van der Waals surface area contributed by atoms with Gasteiger partial charge in [-0.2, -0.15) is 0 Å². The first kappa shape index (κ1) is 40.5. The Morgan fingerprint density at radius 1 is 1.04 bits per heavy atom. The van der Waals surface area contributed by atoms with Gasteiger partial charge in [0.05, 0.1) is 35.6 Å². The molecule has 3 heterocycles. The van der Waals surface area contributed by atoms with Crippen molar-refractivity contribution in [3.8, 4) is 5.88 Å². The average Bonchev–Trinajstić information content (AvgIpc) is 4.02. The van der Waals surface area contributed by atoms with Crippen molar-refractivity contribution in [2.45, 2.75) is 135 Å². The van der Waals surface area contributed by atoms with Gasteiger partial charge >= 0.3 is 5.97 Å². The molecule has 2 amide bonds. The SMILES string of the molecule is CC[C@@H]1C[C@]1(CC(=O)[C@@H]1C[C@@H]2CN1C(=O)[C@H](C(C)(C)C)CC(=O)O[C@@H]1CCC[C@H]1C/C=C/CCn1c(cc3cc(Cl)ccc3c1=O)O2)C(=O)NS(=O)(=O)C1CC1. The summed E-state index contributed by atoms with van der Waals surface area (Å²) in [5.41, 5.74) is -2.15. The second kappa shape index (κ2) is 15.6. The van der Waals surface area contributed by atoms with Crippen molar-refractivity contribution >= 4 is 56.0 Å². The number of aromatic nitrogens is 1. The second-order valence-electron chi connectivity index (χ2n) is 17.8. The van der Waals surface area contributed by atoms with Gasteiger partial charge in [0.15, 0.2) is 11.7 Å². The maximum Gasteiger partial charge on any atom is 0.306 e. The Hall–Kier alpha value is -3.71. The Morgan fingerprint density at radius 2 is 1.80 bits per heavy atom. The van der Waals surface area contributed by atoms with Crippen LogP contribution in [-0.2, 0) is 40.5 Å². The van der Waals surface area contributed by atoms with Crippen LogP contribution in [-0.4, -0.2) is 71.5 Å². The molecule has 3 saturated carbocycles. The number of amides is 2. The highest BCUT2D eigenvalue weighted by Crippen LogP contribution is 2.58. The minimum absolute atomic E-state index is 0.00426. The lowest BCUT2D eigenvalue weighted by atomic mass is 9.77. The number of pyridine rings is 1. The van der Waals surface area contributed by atoms with Gasteiger partial charge in [0.2, 0.25) is 21.8 Å². The number of Topliss-reactive ketones (excluding diaryl/α,β-unsaturated/α-hetero) is 1. The molecule has 0 unspecified atom stereocenters. The summed E-state index contributed by atoms with van der Waals surface area (Å²) in [6.45, 7) is 7.86. The number of esters is 1. The number of carbonyl (C=O) groups is 4. The van der Waals surface area contributed by atoms with Gasteiger partial charge < -0.3 is 14.4 Å². The van der Waals surface area contributed by atoms with E-state index in [4.69, 9.17) is 21.1 Å². The zero-order valence-electron chi connectivity index (χ0n) is 32.8. The smallest absolute Gasteiger partial charge is 0.306 e. The van der Waals surface area contributed by atoms with Crippen LogP contribution in [0.25, 0.3) is 10.8 Å². The molecule has 304 valence electrons. The van der Waals surface area contributed by atoms with E-state index in [1.54, 1.807) is 28.8 Å². The van der Waals surface area contributed by atoms with Crippen molar-refractivity contribution in [1.82, 2.24) is 14.2 Å². The van der Waals surface area contributed by atoms with E-state index in [-0.39, 0.29) is 61.0 Å². The van der Waals surface area contributed by atoms with Crippen molar-refractivity contribution in [2.75, 3.05) is 6.54 Å². The minimum Gasteiger partial charge on any atom is -0.473 e. The number of fused-ring (bicyclic) bond motifs is 5. The lowest BCUT2D eigenvalue weighted by Gasteiger charge is -2.35. The highest BCUT2D eigenvalue weighted by molar-refractivity contribution is 7.90. The quantitative estimate of drug-likeness (QED) is 0.258. The third kappa shape index (κ3) is 8.31. The molecule has 2 aromatic rings. The van der Waals surface area contributed by atoms with Crippen LogP contribution in [0.4, 0.5) is 0 Å². The first-order chi connectivity index (χ1) is 26.5. The first-order valence-corrected chi connectivity index (χ1v) is 22.2. The number of hydrogen-bond acceptors (Lipinski definition) is 9. The van der Waals surface area contributed by atoms with Gasteiger partial charge in [-0.05, 0) is 92.2 Å². The van der Waals surface area contributed by atoms with Gasteiger partial charge in [-0.15, -0.1) is 0 Å². The first-order valence-electron chi connectivity index (χ1n) is 20.2. The molecule has 12 nitrogen and oxygen atoms in total. The van der Waals surface area contributed by atoms with Crippen LogP contribution in [0.3, 0.4) is 0 Å². The number of hydrogen-bond donors (Lipinski definition) is 1. The Morgan fingerprint density at radius 3 is 2.50 bits per heavy atom. The summed E-state index contributed by atoms with van der Waals surface area (Å²) >= 11 is 6.34. The topological polar surface area (TPSA) is 158 Å². The summed E-state index contributed by atoms with van der Waals surface area (Å²) in [6.07, 6.45) is 8.56. The Balaban J connectivity index is 1.25. The standard InChI is InChI=1S/C42H54ClN3O9S/c1-5-27-22-42(27,40(51)44-56(52,53)30-14-15-30)23-34(47)33-20-29-24-46(33)39(50)32(41(2,3)4)21-37(48)55-35-12-9-11-25(35)10-7-6-8-17-45-36(54-29)19-26-18-28(43)13-16-31(26)38(45)49/h6-7,13,16,18-19,25,27,29-30,32-33,35H,5,8-12,14-15,17,20-24H2,1-4H3,(H,44,51)/b7-6+/t25-,27-,29-,32-,33+,35-,42-/m1/s1. The molecule has 2 aliphatic heterocycles. The zero-order valence-corrected chi connectivity index (χ0v) is 34.3. The molecule has 1 N–H and O–H groups in total. The van der Waals surface area contributed by atoms with E-state index in [9.17, 15) is 32.4 Å². The van der Waals surface area contributed by atoms with Crippen molar-refractivity contribution in [1.29, 1.82) is 0 Å². The molecule has 7 rings (SSSR count). The molecule has 1 aromatic carbocycles. The molecule has 2 bridgehead atoms. The molecule has 1 saturated heterocycles. The van der Waals surface area contributed by atoms with Crippen molar-refractivity contribution in [3.05, 3.63) is 51.8 Å². The zero-order chi connectivity index (χ0) is 40.2. The molecule has 1 aromatic heterocycles. The van der Waals surface area contributed by atoms with Crippen molar-refractivity contribution < 1.29 is 37.1 Å². The van der Waals surface area contributed by atoms with Gasteiger partial charge in [-0.3, -0.25) is 33.3 Å². The fourth-order valence-electron chi connectivity index (χ4n) is 9.20. The molecule has 0 radical (unpaired) electrons. The number of nitrogens with one attached hydrogen (secondary N) is 1. The number of ether oxygens (including phenoxy) is 2. The maximum absolute atomic E-state index is 14.8. The van der Waals surface area contributed by atoms with E-state index in [0.29, 0.717) is 54.4 Å². The predicted octanol–water partition coefficient (Wildman–Crippen LogP) is 6.10. The number of sulfonamides is 1. The Bertz CT molecular complexity index is 2100. The Labute approximate surface area is 333 Å². The minimum atomic E-state index is -3.84. The molecule has 5 aliphatic rings. The average molecular weight is 812 g/mol. The number of rotatable bonds is 7. The van der Waals surface area contributed by atoms with E-state index >= 15 is 0 Å². The molecule has 14 heteroatoms. The van der Waals surface area contributed by atoms with Gasteiger partial charge in [-0.1, -0.05) is 57.9 Å². The van der Waals surface area contributed by atoms with Gasteiger partial charge in [0.25, 0.3) is 5.56 Å². The van der Waals surface area contributed by atoms with Crippen molar-refractivity contribution in [2.24, 2.45) is 28.6 Å². The van der Waals surface area contributed by atoms with Crippen LogP contribution < -0.4 is 15.0 Å². The monoisotopic (exact) mass is 811 g/mol. The summed E-state index contributed by atoms with van der Waals surface area (Å²) in [5, 5.41) is 0.933. The Kier molecular flexibility index (Phi) is 11.3. The maximum atomic E-state index is 14.8. The third-order valence-electron chi connectivity index (χ3n) is 12.8. The summed E-state index contributed by atoms with van der Waals surface area (Å²) in [5.74, 6) is -2.49. The number of benzene rings is 1. The van der Waals surface area contributed by atoms with Crippen LogP contribution in [0.1, 0.15) is 105 Å². The summed E-state index contributed by atoms with van der Waals surface area (Å²) in [6, 6.07) is 5.80. The van der Waals surface area contributed by atoms with E-state index in [0.717, 1.165) is 25.7 Å². The van der Waals surface area contributed by atoms with Crippen LogP contribution >= 0.6 is 11.6 Å². The van der Waals surface area contributed by atoms with Crippen LogP contribution in [0.15, 0.2) is 41.2 Å². The van der Waals surface area contributed by atoms with Gasteiger partial charge in [0, 0.05) is 35.9 Å². The summed E-state index contributed by atoms with van der Waals surface area (Å²) < 4.78 is 42.2. The highest BCUT2D eigenvalue weighted by Gasteiger charge is 2.62. The normalized spacial score (nSPS) is 30.7. The number of carbonyl (C=O) groups excluding carboxylic acids is 4. The second-order valence-corrected chi connectivity index (χ2v) is 20.2. The number of halogens is 1. The largest absolute Gasteiger partial charge is 0.473 e. The third-order valence-corrected chi connectivity index (χ3v) is 14.9. The summed E-state index contributed by atoms with van der Waals surface area (Å²) in [7, 11) is -3.84. The van der Waals surface area contributed by atoms with Gasteiger partial charge in [0.1, 0.15) is 12.2 Å². The van der Waals surface area contributed by atoms with E-state index in [2.05, 4.69) is 10.8 Å². The van der Waals surface area contributed by atoms with E-state index < -0.39 is 62.0 Å². The molecule has 56 heavy (non-hydrogen) atoms. The van der Waals surface area contributed by atoms with Crippen LogP contribution in [0.2, 0.25) is 5.02 Å². The predicted molar refractivity (Wildman–Crippen MR) is 211 cm³/mol. The highest BCUT2D eigenvalue weighted by atomic mass is 35.5. The molecular formula is C42H54ClN3O9S. The van der Waals surface area contributed by atoms with Crippen LogP contribution in [0.5, 0.6) is 5.88 Å². The fraction of sp³-hybridized carbons (Fsp3) is 0.643. The lowest BCUT2D eigenvalue weighted by molar-refractivity contribution is -0.158. The van der Waals surface area contributed by atoms with Crippen LogP contribution in [0, 0.1) is 28.6 Å². The fourth-order valence-corrected chi connectivity index (χ4v) is 10.8. The number of ketones is 1. The molecule has 7 atom stereocenters. The molecule has 0 spiro atoms. The van der Waals surface area contributed by atoms with E-state index in [1.165, 1.54) is 4.90 Å².